The van der Waals surface area contributed by atoms with E-state index < -0.39 is 10.7 Å². The van der Waals surface area contributed by atoms with Crippen molar-refractivity contribution in [2.75, 3.05) is 5.75 Å². The van der Waals surface area contributed by atoms with E-state index in [1.165, 1.54) is 0 Å². The second kappa shape index (κ2) is 3.75. The van der Waals surface area contributed by atoms with Crippen LogP contribution in [0.3, 0.4) is 0 Å². The average Bonchev–Trinajstić information content (AvgIpc) is 2.57. The van der Waals surface area contributed by atoms with Gasteiger partial charge in [-0.2, -0.15) is 0 Å². The summed E-state index contributed by atoms with van der Waals surface area (Å²) < 4.78 is 25.9. The van der Waals surface area contributed by atoms with Crippen molar-refractivity contribution in [3.05, 3.63) is 24.2 Å². The smallest absolute Gasteiger partial charge is 0.246 e. The molecular formula is C8H8N2O3S. The number of nitrogens with zero attached hydrogens (tertiary/aromatic N) is 2. The van der Waals surface area contributed by atoms with E-state index in [1.54, 1.807) is 18.3 Å². The molecule has 0 aliphatic heterocycles. The summed E-state index contributed by atoms with van der Waals surface area (Å²) in [6.07, 6.45) is 1.90. The van der Waals surface area contributed by atoms with E-state index in [9.17, 15) is 8.42 Å². The van der Waals surface area contributed by atoms with Gasteiger partial charge < -0.3 is 4.42 Å². The first-order valence-corrected chi connectivity index (χ1v) is 5.44. The van der Waals surface area contributed by atoms with E-state index in [4.69, 9.17) is 4.42 Å². The normalized spacial score (nSPS) is 11.2. The number of aryl methyl sites for hydroxylation is 1. The van der Waals surface area contributed by atoms with Crippen molar-refractivity contribution in [3.8, 4) is 0 Å². The summed E-state index contributed by atoms with van der Waals surface area (Å²) in [5.41, 5.74) is 1.10. The molecule has 5 nitrogen and oxygen atoms in total. The van der Waals surface area contributed by atoms with Crippen molar-refractivity contribution in [3.63, 3.8) is 0 Å². The number of oxazole rings is 1. The molecule has 0 aromatic carbocycles. The van der Waals surface area contributed by atoms with Crippen LogP contribution in [-0.4, -0.2) is 24.1 Å². The Hall–Kier alpha value is -1.43. The number of rotatable bonds is 3. The van der Waals surface area contributed by atoms with Crippen LogP contribution in [0.4, 0.5) is 0 Å². The van der Waals surface area contributed by atoms with Crippen molar-refractivity contribution in [1.82, 2.24) is 9.97 Å². The van der Waals surface area contributed by atoms with E-state index >= 15 is 0 Å². The Morgan fingerprint density at radius 3 is 3.00 bits per heavy atom. The first kappa shape index (κ1) is 9.14. The molecule has 6 heteroatoms. The molecule has 0 fully saturated rings. The van der Waals surface area contributed by atoms with Crippen LogP contribution in [-0.2, 0) is 17.1 Å². The fourth-order valence-electron chi connectivity index (χ4n) is 1.11. The predicted octanol–water partition coefficient (Wildman–Crippen LogP) is 0.377. The summed E-state index contributed by atoms with van der Waals surface area (Å²) in [6, 6.07) is 3.52. The van der Waals surface area contributed by atoms with Crippen LogP contribution < -0.4 is 0 Å². The minimum absolute atomic E-state index is 0.0577. The minimum Gasteiger partial charge on any atom is -0.422 e. The summed E-state index contributed by atoms with van der Waals surface area (Å²) in [5, 5.41) is 0. The molecular weight excluding hydrogens is 204 g/mol. The summed E-state index contributed by atoms with van der Waals surface area (Å²) in [7, 11) is -2.37. The summed E-state index contributed by atoms with van der Waals surface area (Å²) in [6.45, 7) is 0. The average molecular weight is 212 g/mol. The molecule has 14 heavy (non-hydrogen) atoms. The van der Waals surface area contributed by atoms with Crippen molar-refractivity contribution in [1.29, 1.82) is 0 Å². The van der Waals surface area contributed by atoms with Gasteiger partial charge in [0.15, 0.2) is 5.89 Å². The summed E-state index contributed by atoms with van der Waals surface area (Å²) >= 11 is 0. The molecule has 0 N–H and O–H groups in total. The van der Waals surface area contributed by atoms with E-state index in [0.29, 0.717) is 23.5 Å². The van der Waals surface area contributed by atoms with Gasteiger partial charge in [-0.15, -0.1) is 0 Å². The molecule has 0 aliphatic rings. The van der Waals surface area contributed by atoms with Crippen LogP contribution in [0.5, 0.6) is 0 Å². The fourth-order valence-corrected chi connectivity index (χ4v) is 1.48. The van der Waals surface area contributed by atoms with Gasteiger partial charge in [-0.1, -0.05) is 0 Å². The van der Waals surface area contributed by atoms with E-state index in [-0.39, 0.29) is 5.75 Å². The van der Waals surface area contributed by atoms with Gasteiger partial charge in [0.2, 0.25) is 5.71 Å². The lowest BCUT2D eigenvalue weighted by Gasteiger charge is -1.85. The van der Waals surface area contributed by atoms with Gasteiger partial charge in [0.05, 0.1) is 5.75 Å². The van der Waals surface area contributed by atoms with Crippen molar-refractivity contribution in [2.24, 2.45) is 0 Å². The van der Waals surface area contributed by atoms with E-state index in [1.807, 2.05) is 0 Å². The molecule has 0 aliphatic carbocycles. The molecule has 0 atom stereocenters. The van der Waals surface area contributed by atoms with Crippen LogP contribution in [0.25, 0.3) is 11.2 Å². The van der Waals surface area contributed by atoms with E-state index in [2.05, 4.69) is 9.97 Å². The molecule has 0 radical (unpaired) electrons. The van der Waals surface area contributed by atoms with Crippen LogP contribution in [0.15, 0.2) is 22.7 Å². The molecule has 0 saturated heterocycles. The van der Waals surface area contributed by atoms with Crippen molar-refractivity contribution >= 4 is 21.9 Å². The molecule has 2 aromatic heterocycles. The van der Waals surface area contributed by atoms with Crippen LogP contribution >= 0.6 is 0 Å². The Labute approximate surface area is 81.7 Å². The maximum atomic E-state index is 10.3. The predicted molar refractivity (Wildman–Crippen MR) is 50.7 cm³/mol. The van der Waals surface area contributed by atoms with Crippen LogP contribution in [0.1, 0.15) is 5.89 Å². The molecule has 2 heterocycles. The quantitative estimate of drug-likeness (QED) is 0.744. The second-order valence-corrected chi connectivity index (χ2v) is 3.85. The first-order valence-electron chi connectivity index (χ1n) is 4.08. The number of aromatic nitrogens is 2. The third kappa shape index (κ3) is 1.90. The number of hydrogen-bond donors (Lipinski definition) is 1. The van der Waals surface area contributed by atoms with E-state index in [0.717, 1.165) is 0 Å². The Morgan fingerprint density at radius 1 is 1.43 bits per heavy atom. The van der Waals surface area contributed by atoms with Gasteiger partial charge in [-0.25, -0.2) is 18.4 Å². The van der Waals surface area contributed by atoms with Gasteiger partial charge >= 0.3 is 0 Å². The Balaban J connectivity index is 2.27. The lowest BCUT2D eigenvalue weighted by atomic mass is 10.4. The number of fused-ring (bicyclic) bond motifs is 1. The number of hydrogen-bond acceptors (Lipinski definition) is 5. The minimum atomic E-state index is -2.37. The maximum absolute atomic E-state index is 10.3. The third-order valence-corrected chi connectivity index (χ3v) is 2.31. The zero-order valence-corrected chi connectivity index (χ0v) is 8.11. The van der Waals surface area contributed by atoms with Gasteiger partial charge in [-0.05, 0) is 12.1 Å². The topological polar surface area (TPSA) is 73.1 Å². The molecule has 74 valence electrons. The van der Waals surface area contributed by atoms with Gasteiger partial charge in [-0.3, -0.25) is 0 Å². The first-order chi connectivity index (χ1) is 6.75. The molecule has 0 spiro atoms. The zero-order valence-electron chi connectivity index (χ0n) is 7.21. The Bertz CT molecular complexity index is 477. The standard InChI is InChI=1S/C8H8N2O3S/c11-14(12)5-3-7-10-6-2-1-4-9-8(6)13-7/h1-2,4,14H,3,5H2. The number of pyridine rings is 1. The monoisotopic (exact) mass is 212 g/mol. The Morgan fingerprint density at radius 2 is 2.29 bits per heavy atom. The molecule has 2 aromatic rings. The lowest BCUT2D eigenvalue weighted by molar-refractivity contribution is 0.527. The van der Waals surface area contributed by atoms with Gasteiger partial charge in [0, 0.05) is 12.6 Å². The van der Waals surface area contributed by atoms with Gasteiger partial charge in [0.1, 0.15) is 16.2 Å². The summed E-state index contributed by atoms with van der Waals surface area (Å²) in [4.78, 5) is 8.04. The van der Waals surface area contributed by atoms with Crippen LogP contribution in [0.2, 0.25) is 0 Å². The van der Waals surface area contributed by atoms with Crippen LogP contribution in [0, 0.1) is 0 Å². The molecule has 0 saturated carbocycles. The zero-order chi connectivity index (χ0) is 9.97. The highest BCUT2D eigenvalue weighted by Gasteiger charge is 2.05. The fraction of sp³-hybridized carbons (Fsp3) is 0.250. The molecule has 2 rings (SSSR count). The lowest BCUT2D eigenvalue weighted by Crippen LogP contribution is -1.93. The highest BCUT2D eigenvalue weighted by molar-refractivity contribution is 7.72. The van der Waals surface area contributed by atoms with Crippen molar-refractivity contribution < 1.29 is 12.8 Å². The maximum Gasteiger partial charge on any atom is 0.246 e. The largest absolute Gasteiger partial charge is 0.422 e. The third-order valence-electron chi connectivity index (χ3n) is 1.72. The molecule has 0 bridgehead atoms. The van der Waals surface area contributed by atoms with Crippen molar-refractivity contribution in [2.45, 2.75) is 6.42 Å². The molecule has 0 amide bonds. The SMILES string of the molecule is O=[SH](=O)CCc1nc2cccnc2o1. The highest BCUT2D eigenvalue weighted by Crippen LogP contribution is 2.11. The number of thiol groups is 1. The van der Waals surface area contributed by atoms with Gasteiger partial charge in [0.25, 0.3) is 0 Å². The molecule has 0 unspecified atom stereocenters. The second-order valence-electron chi connectivity index (χ2n) is 2.74. The summed E-state index contributed by atoms with van der Waals surface area (Å²) in [5.74, 6) is 0.472. The highest BCUT2D eigenvalue weighted by atomic mass is 32.2. The Kier molecular flexibility index (Phi) is 2.45.